The molecule has 0 nitrogen and oxygen atoms in total. The minimum Gasteiger partial charge on any atom is -0.0660 e. The molecular weight excluding hydrogens is 789 g/mol. The van der Waals surface area contributed by atoms with Crippen LogP contribution in [0.2, 0.25) is 0 Å². The van der Waals surface area contributed by atoms with E-state index < -0.39 is 36.3 Å². The molecule has 10 rings (SSSR count). The van der Waals surface area contributed by atoms with Crippen LogP contribution in [0.1, 0.15) is 0 Å². The summed E-state index contributed by atoms with van der Waals surface area (Å²) in [5.74, 6) is 0. The molecule has 281 valence electrons. The molecule has 59 heavy (non-hydrogen) atoms. The first-order chi connectivity index (χ1) is 29.3. The molecule has 5 heteroatoms. The highest BCUT2D eigenvalue weighted by Crippen LogP contribution is 2.45. The summed E-state index contributed by atoms with van der Waals surface area (Å²) in [4.78, 5) is 0. The molecule has 1 aliphatic rings. The quantitative estimate of drug-likeness (QED) is 0.161. The van der Waals surface area contributed by atoms with E-state index in [-0.39, 0.29) is 0 Å². The number of benzene rings is 9. The van der Waals surface area contributed by atoms with E-state index in [1.54, 1.807) is 46.7 Å². The molecule has 1 saturated heterocycles. The predicted molar refractivity (Wildman–Crippen MR) is 263 cm³/mol. The van der Waals surface area contributed by atoms with E-state index in [1.165, 1.54) is 0 Å². The molecule has 9 aromatic carbocycles. The third kappa shape index (κ3) is 5.29. The Morgan fingerprint density at radius 1 is 0.186 bits per heavy atom. The van der Waals surface area contributed by atoms with Crippen LogP contribution < -0.4 is 46.7 Å². The number of hydrogen-bond donors (Lipinski definition) is 0. The van der Waals surface area contributed by atoms with Crippen LogP contribution in [0.3, 0.4) is 0 Å². The van der Waals surface area contributed by atoms with Crippen molar-refractivity contribution in [3.05, 3.63) is 273 Å². The fourth-order valence-corrected chi connectivity index (χ4v) is 176. The first-order valence-electron chi connectivity index (χ1n) is 20.7. The highest BCUT2D eigenvalue weighted by Gasteiger charge is 2.88. The fourth-order valence-electron chi connectivity index (χ4n) is 11.6. The summed E-state index contributed by atoms with van der Waals surface area (Å²) in [5, 5.41) is 14.2. The van der Waals surface area contributed by atoms with Gasteiger partial charge in [-0.1, -0.05) is 320 Å². The van der Waals surface area contributed by atoms with Gasteiger partial charge in [0.25, 0.3) is 0 Å². The van der Waals surface area contributed by atoms with Gasteiger partial charge in [0.15, 0.2) is 0 Å². The maximum atomic E-state index is 2.59. The van der Waals surface area contributed by atoms with Gasteiger partial charge in [0.1, 0.15) is 28.4 Å². The zero-order valence-corrected chi connectivity index (χ0v) is 38.0. The van der Waals surface area contributed by atoms with Gasteiger partial charge in [-0.2, -0.15) is 0 Å². The predicted octanol–water partition coefficient (Wildman–Crippen LogP) is 5.85. The second-order valence-electron chi connectivity index (χ2n) is 15.7. The van der Waals surface area contributed by atoms with Crippen LogP contribution in [0.15, 0.2) is 273 Å². The number of hydrogen-bond acceptors (Lipinski definition) is 0. The van der Waals surface area contributed by atoms with Crippen LogP contribution in [0.25, 0.3) is 0 Å². The Hall–Kier alpha value is -5.94. The summed E-state index contributed by atoms with van der Waals surface area (Å²) in [5.41, 5.74) is 0. The van der Waals surface area contributed by atoms with Crippen LogP contribution in [0.4, 0.5) is 0 Å². The number of rotatable bonds is 9. The first kappa shape index (κ1) is 37.3. The standard InChI is InChI=1S/C54H45Si5/c1-10-28-46(29-11-1)55-56(47-30-12-2-13-31-47,48-32-14-3-15-33-48)58(51-38-20-6-21-39-51,52-40-22-7-23-41-52)59(53-42-24-8-25-43-53,54-44-26-9-27-45-54)57(55,49-34-16-4-17-35-49)50-36-18-5-19-37-50/h1-45H. The Kier molecular flexibility index (Phi) is 9.92. The second-order valence-corrected chi connectivity index (χ2v) is 56.1. The Balaban J connectivity index is 1.67. The molecule has 1 heterocycles. The minimum atomic E-state index is -3.27. The van der Waals surface area contributed by atoms with Gasteiger partial charge < -0.3 is 0 Å². The molecule has 0 bridgehead atoms. The second kappa shape index (κ2) is 15.7. The third-order valence-electron chi connectivity index (χ3n) is 13.2. The first-order valence-corrected chi connectivity index (χ1v) is 35.2. The van der Waals surface area contributed by atoms with E-state index in [0.717, 1.165) is 0 Å². The van der Waals surface area contributed by atoms with E-state index in [1.807, 2.05) is 0 Å². The molecule has 0 aliphatic carbocycles. The highest BCUT2D eigenvalue weighted by molar-refractivity contribution is 8.23. The van der Waals surface area contributed by atoms with Gasteiger partial charge in [-0.05, 0) is 0 Å². The van der Waals surface area contributed by atoms with Crippen molar-refractivity contribution in [2.24, 2.45) is 0 Å². The van der Waals surface area contributed by atoms with Gasteiger partial charge >= 0.3 is 0 Å². The summed E-state index contributed by atoms with van der Waals surface area (Å²) < 4.78 is 0. The van der Waals surface area contributed by atoms with Crippen molar-refractivity contribution in [3.63, 3.8) is 0 Å². The van der Waals surface area contributed by atoms with E-state index in [4.69, 9.17) is 0 Å². The lowest BCUT2D eigenvalue weighted by atomic mass is 10.4. The van der Waals surface area contributed by atoms with Crippen LogP contribution >= 0.6 is 0 Å². The molecule has 0 aromatic heterocycles. The topological polar surface area (TPSA) is 0 Å². The molecule has 1 aliphatic heterocycles. The molecular formula is C54H45Si5. The lowest BCUT2D eigenvalue weighted by Gasteiger charge is -2.56. The van der Waals surface area contributed by atoms with Gasteiger partial charge in [0.2, 0.25) is 0 Å². The van der Waals surface area contributed by atoms with Crippen molar-refractivity contribution in [3.8, 4) is 0 Å². The smallest absolute Gasteiger partial charge is 0.0660 e. The molecule has 0 spiro atoms. The highest BCUT2D eigenvalue weighted by atomic mass is 30.2. The summed E-state index contributed by atoms with van der Waals surface area (Å²) in [6.07, 6.45) is 0. The Morgan fingerprint density at radius 3 is 0.559 bits per heavy atom. The summed E-state index contributed by atoms with van der Waals surface area (Å²) in [6.45, 7) is 0. The van der Waals surface area contributed by atoms with E-state index in [0.29, 0.717) is 0 Å². The Labute approximate surface area is 353 Å². The molecule has 1 radical (unpaired) electrons. The Bertz CT molecular complexity index is 2410. The molecule has 0 N–H and O–H groups in total. The van der Waals surface area contributed by atoms with E-state index in [9.17, 15) is 0 Å². The summed E-state index contributed by atoms with van der Waals surface area (Å²) in [6, 6.07) is 109. The fraction of sp³-hybridized carbons (Fsp3) is 0. The molecule has 0 amide bonds. The molecule has 0 saturated carbocycles. The van der Waals surface area contributed by atoms with Crippen molar-refractivity contribution in [2.75, 3.05) is 0 Å². The molecule has 0 unspecified atom stereocenters. The molecule has 1 fully saturated rings. The maximum Gasteiger partial charge on any atom is 0.120 e. The third-order valence-corrected chi connectivity index (χ3v) is 101. The Morgan fingerprint density at radius 2 is 0.356 bits per heavy atom. The SMILES string of the molecule is c1ccc([Si]2[Si](c3ccccc3)(c3ccccc3)[Si](c3ccccc3)(c3ccccc3)[Si](c3ccccc3)(c3ccccc3)[Si]2(c2ccccc2)c2ccccc2)cc1. The van der Waals surface area contributed by atoms with Gasteiger partial charge in [-0.3, -0.25) is 0 Å². The maximum absolute atomic E-state index is 3.27. The van der Waals surface area contributed by atoms with Crippen LogP contribution in [-0.2, 0) is 0 Å². The zero-order chi connectivity index (χ0) is 39.6. The van der Waals surface area contributed by atoms with Crippen molar-refractivity contribution in [1.82, 2.24) is 0 Å². The molecule has 0 atom stereocenters. The van der Waals surface area contributed by atoms with Crippen molar-refractivity contribution in [1.29, 1.82) is 0 Å². The minimum absolute atomic E-state index is 1.57. The monoisotopic (exact) mass is 833 g/mol. The van der Waals surface area contributed by atoms with Crippen molar-refractivity contribution >= 4 is 82.9 Å². The lowest BCUT2D eigenvalue weighted by Crippen LogP contribution is -3.00. The average Bonchev–Trinajstić information content (AvgIpc) is 3.58. The van der Waals surface area contributed by atoms with Gasteiger partial charge in [-0.25, -0.2) is 0 Å². The largest absolute Gasteiger partial charge is 0.120 e. The average molecular weight is 834 g/mol. The van der Waals surface area contributed by atoms with E-state index in [2.05, 4.69) is 273 Å². The van der Waals surface area contributed by atoms with Gasteiger partial charge in [-0.15, -0.1) is 0 Å². The van der Waals surface area contributed by atoms with Crippen molar-refractivity contribution < 1.29 is 0 Å². The van der Waals surface area contributed by atoms with Gasteiger partial charge in [0.05, 0.1) is 7.83 Å². The summed E-state index contributed by atoms with van der Waals surface area (Å²) >= 11 is 0. The van der Waals surface area contributed by atoms with Crippen LogP contribution in [0, 0.1) is 0 Å². The van der Waals surface area contributed by atoms with Gasteiger partial charge in [0, 0.05) is 0 Å². The van der Waals surface area contributed by atoms with Crippen LogP contribution in [-0.4, -0.2) is 36.3 Å². The van der Waals surface area contributed by atoms with Crippen molar-refractivity contribution in [2.45, 2.75) is 0 Å². The molecule has 9 aromatic rings. The lowest BCUT2D eigenvalue weighted by molar-refractivity contribution is 1.70. The van der Waals surface area contributed by atoms with E-state index >= 15 is 0 Å². The summed E-state index contributed by atoms with van der Waals surface area (Å²) in [7, 11) is -14.5. The normalized spacial score (nSPS) is 16.3. The zero-order valence-electron chi connectivity index (χ0n) is 33.0. The van der Waals surface area contributed by atoms with Crippen LogP contribution in [0.5, 0.6) is 0 Å².